The third-order valence-corrected chi connectivity index (χ3v) is 5.85. The number of hydrogen-bond donors (Lipinski definition) is 0. The van der Waals surface area contributed by atoms with E-state index in [9.17, 15) is 10.1 Å². The standard InChI is InChI=1S/C25H16Cl2N2O3/c1-31-24-20(13-28)17(14-8-9-21(26)22(27)10-14)12-23(29-24)18-11-19(25(30)32-2)16-7-5-3-4-6-15(16)18/h3-12H,1-2H3. The summed E-state index contributed by atoms with van der Waals surface area (Å²) in [6.45, 7) is 0. The molecule has 2 aromatic rings. The normalized spacial score (nSPS) is 10.6. The average molecular weight is 463 g/mol. The molecule has 0 atom stereocenters. The average Bonchev–Trinajstić information content (AvgIpc) is 2.99. The van der Waals surface area contributed by atoms with Crippen molar-refractivity contribution in [2.45, 2.75) is 0 Å². The van der Waals surface area contributed by atoms with Crippen LogP contribution in [0.5, 0.6) is 5.88 Å². The SMILES string of the molecule is COC(=O)c1cc(-c2cc(-c3ccc(Cl)c(Cl)c3)c(C#N)c(OC)n2)c2cccccc1-2. The van der Waals surface area contributed by atoms with Crippen molar-refractivity contribution in [2.24, 2.45) is 0 Å². The number of nitrogens with zero attached hydrogens (tertiary/aromatic N) is 2. The fourth-order valence-corrected chi connectivity index (χ4v) is 3.91. The summed E-state index contributed by atoms with van der Waals surface area (Å²) in [5, 5.41) is 10.6. The number of rotatable bonds is 4. The van der Waals surface area contributed by atoms with E-state index in [4.69, 9.17) is 32.7 Å². The topological polar surface area (TPSA) is 72.2 Å². The Morgan fingerprint density at radius 2 is 1.66 bits per heavy atom. The van der Waals surface area contributed by atoms with Gasteiger partial charge in [0.2, 0.25) is 5.88 Å². The number of fused-ring (bicyclic) bond motifs is 1. The van der Waals surface area contributed by atoms with E-state index in [1.807, 2.05) is 30.3 Å². The van der Waals surface area contributed by atoms with Crippen LogP contribution in [0.2, 0.25) is 10.0 Å². The van der Waals surface area contributed by atoms with Gasteiger partial charge in [-0.1, -0.05) is 59.6 Å². The summed E-state index contributed by atoms with van der Waals surface area (Å²) in [5.41, 5.74) is 4.76. The Hall–Kier alpha value is -3.59. The van der Waals surface area contributed by atoms with Crippen LogP contribution < -0.4 is 4.74 Å². The van der Waals surface area contributed by atoms with Crippen molar-refractivity contribution in [3.63, 3.8) is 0 Å². The van der Waals surface area contributed by atoms with Crippen molar-refractivity contribution in [2.75, 3.05) is 14.2 Å². The molecule has 1 heterocycles. The zero-order valence-corrected chi connectivity index (χ0v) is 18.7. The summed E-state index contributed by atoms with van der Waals surface area (Å²) in [6, 6.07) is 20.2. The summed E-state index contributed by atoms with van der Waals surface area (Å²) in [4.78, 5) is 17.0. The third-order valence-electron chi connectivity index (χ3n) is 5.11. The molecule has 0 saturated heterocycles. The van der Waals surface area contributed by atoms with Gasteiger partial charge in [0, 0.05) is 11.1 Å². The number of aromatic nitrogens is 1. The van der Waals surface area contributed by atoms with Crippen molar-refractivity contribution in [1.29, 1.82) is 5.26 Å². The molecule has 32 heavy (non-hydrogen) atoms. The molecular weight excluding hydrogens is 447 g/mol. The molecule has 0 amide bonds. The van der Waals surface area contributed by atoms with Gasteiger partial charge in [-0.25, -0.2) is 9.78 Å². The van der Waals surface area contributed by atoms with Crippen LogP contribution in [-0.4, -0.2) is 25.2 Å². The van der Waals surface area contributed by atoms with Gasteiger partial charge in [-0.15, -0.1) is 0 Å². The molecule has 0 unspecified atom stereocenters. The monoisotopic (exact) mass is 462 g/mol. The Morgan fingerprint density at radius 1 is 0.906 bits per heavy atom. The minimum absolute atomic E-state index is 0.167. The van der Waals surface area contributed by atoms with Gasteiger partial charge in [0.1, 0.15) is 11.6 Å². The first-order valence-electron chi connectivity index (χ1n) is 9.53. The number of carbonyl (C=O) groups excluding carboxylic acids is 1. The molecule has 0 N–H and O–H groups in total. The quantitative estimate of drug-likeness (QED) is 0.324. The molecule has 4 rings (SSSR count). The number of hydrogen-bond acceptors (Lipinski definition) is 5. The number of nitriles is 1. The van der Waals surface area contributed by atoms with Crippen molar-refractivity contribution in [3.05, 3.63) is 81.8 Å². The Bertz CT molecular complexity index is 1360. The van der Waals surface area contributed by atoms with Gasteiger partial charge in [-0.05, 0) is 41.0 Å². The summed E-state index contributed by atoms with van der Waals surface area (Å²) < 4.78 is 10.4. The number of carbonyl (C=O) groups is 1. The molecule has 0 radical (unpaired) electrons. The molecule has 1 aromatic carbocycles. The maximum atomic E-state index is 12.4. The molecular formula is C25H16Cl2N2O3. The Kier molecular flexibility index (Phi) is 6.00. The number of methoxy groups -OCH3 is 2. The van der Waals surface area contributed by atoms with E-state index >= 15 is 0 Å². The molecule has 0 saturated carbocycles. The highest BCUT2D eigenvalue weighted by Crippen LogP contribution is 2.41. The molecule has 0 bridgehead atoms. The van der Waals surface area contributed by atoms with Crippen LogP contribution in [-0.2, 0) is 4.74 Å². The Balaban J connectivity index is 2.02. The molecule has 1 aromatic heterocycles. The fraction of sp³-hybridized carbons (Fsp3) is 0.0800. The van der Waals surface area contributed by atoms with Crippen molar-refractivity contribution < 1.29 is 14.3 Å². The lowest BCUT2D eigenvalue weighted by Crippen LogP contribution is -2.00. The van der Waals surface area contributed by atoms with Crippen molar-refractivity contribution >= 4 is 29.2 Å². The zero-order valence-electron chi connectivity index (χ0n) is 17.1. The fourth-order valence-electron chi connectivity index (χ4n) is 3.61. The highest BCUT2D eigenvalue weighted by atomic mass is 35.5. The molecule has 0 aliphatic heterocycles. The van der Waals surface area contributed by atoms with Crippen LogP contribution in [0.3, 0.4) is 0 Å². The van der Waals surface area contributed by atoms with E-state index in [2.05, 4.69) is 11.1 Å². The van der Waals surface area contributed by atoms with E-state index in [0.717, 1.165) is 11.1 Å². The summed E-state index contributed by atoms with van der Waals surface area (Å²) in [6.07, 6.45) is 0. The predicted molar refractivity (Wildman–Crippen MR) is 124 cm³/mol. The van der Waals surface area contributed by atoms with Gasteiger partial charge in [0.05, 0.1) is 35.5 Å². The van der Waals surface area contributed by atoms with Gasteiger partial charge in [-0.3, -0.25) is 0 Å². The Labute approximate surface area is 195 Å². The van der Waals surface area contributed by atoms with E-state index in [1.54, 1.807) is 30.3 Å². The molecule has 2 aliphatic carbocycles. The maximum absolute atomic E-state index is 12.4. The number of ether oxygens (including phenoxy) is 2. The van der Waals surface area contributed by atoms with Crippen LogP contribution in [0.4, 0.5) is 0 Å². The minimum atomic E-state index is -0.447. The van der Waals surface area contributed by atoms with Crippen LogP contribution in [0.25, 0.3) is 33.5 Å². The molecule has 2 aliphatic rings. The number of pyridine rings is 1. The summed E-state index contributed by atoms with van der Waals surface area (Å²) >= 11 is 12.3. The van der Waals surface area contributed by atoms with E-state index in [1.165, 1.54) is 14.2 Å². The van der Waals surface area contributed by atoms with E-state index < -0.39 is 5.97 Å². The second-order valence-corrected chi connectivity index (χ2v) is 7.70. The minimum Gasteiger partial charge on any atom is -0.480 e. The smallest absolute Gasteiger partial charge is 0.338 e. The first kappa shape index (κ1) is 21.6. The first-order chi connectivity index (χ1) is 15.5. The van der Waals surface area contributed by atoms with E-state index in [0.29, 0.717) is 38.0 Å². The second-order valence-electron chi connectivity index (χ2n) is 6.88. The van der Waals surface area contributed by atoms with Crippen LogP contribution in [0.15, 0.2) is 60.7 Å². The first-order valence-corrected chi connectivity index (χ1v) is 10.3. The third kappa shape index (κ3) is 3.75. The lowest BCUT2D eigenvalue weighted by Gasteiger charge is -2.12. The van der Waals surface area contributed by atoms with Crippen LogP contribution in [0, 0.1) is 11.3 Å². The number of benzene rings is 1. The second kappa shape index (κ2) is 8.88. The zero-order chi connectivity index (χ0) is 22.8. The van der Waals surface area contributed by atoms with Crippen LogP contribution >= 0.6 is 23.2 Å². The summed E-state index contributed by atoms with van der Waals surface area (Å²) in [7, 11) is 2.80. The molecule has 5 nitrogen and oxygen atoms in total. The van der Waals surface area contributed by atoms with Crippen LogP contribution in [0.1, 0.15) is 15.9 Å². The predicted octanol–water partition coefficient (Wildman–Crippen LogP) is 6.49. The molecule has 0 fully saturated rings. The molecule has 158 valence electrons. The highest BCUT2D eigenvalue weighted by molar-refractivity contribution is 6.42. The maximum Gasteiger partial charge on any atom is 0.338 e. The van der Waals surface area contributed by atoms with Crippen molar-refractivity contribution in [3.8, 4) is 45.5 Å². The highest BCUT2D eigenvalue weighted by Gasteiger charge is 2.24. The van der Waals surface area contributed by atoms with E-state index in [-0.39, 0.29) is 11.4 Å². The lowest BCUT2D eigenvalue weighted by atomic mass is 9.98. The van der Waals surface area contributed by atoms with Gasteiger partial charge in [0.25, 0.3) is 0 Å². The van der Waals surface area contributed by atoms with Gasteiger partial charge in [0.15, 0.2) is 0 Å². The van der Waals surface area contributed by atoms with Gasteiger partial charge >= 0.3 is 5.97 Å². The lowest BCUT2D eigenvalue weighted by molar-refractivity contribution is 0.0602. The summed E-state index contributed by atoms with van der Waals surface area (Å²) in [5.74, 6) is -0.280. The number of esters is 1. The van der Waals surface area contributed by atoms with Gasteiger partial charge in [-0.2, -0.15) is 5.26 Å². The Morgan fingerprint density at radius 3 is 2.31 bits per heavy atom. The van der Waals surface area contributed by atoms with Crippen molar-refractivity contribution in [1.82, 2.24) is 4.98 Å². The molecule has 7 heteroatoms. The molecule has 0 spiro atoms. The largest absolute Gasteiger partial charge is 0.480 e. The van der Waals surface area contributed by atoms with Gasteiger partial charge < -0.3 is 9.47 Å². The number of halogens is 2.